The number of carbonyl (C=O) groups is 1. The van der Waals surface area contributed by atoms with Gasteiger partial charge in [0.1, 0.15) is 16.2 Å². The zero-order chi connectivity index (χ0) is 20.3. The Morgan fingerprint density at radius 2 is 1.96 bits per heavy atom. The summed E-state index contributed by atoms with van der Waals surface area (Å²) in [6.45, 7) is 8.42. The van der Waals surface area contributed by atoms with Crippen molar-refractivity contribution in [3.05, 3.63) is 46.6 Å². The molecule has 1 atom stereocenters. The fraction of sp³-hybridized carbons (Fsp3) is 0.333. The van der Waals surface area contributed by atoms with Crippen LogP contribution in [0.3, 0.4) is 0 Å². The summed E-state index contributed by atoms with van der Waals surface area (Å²) in [5.74, 6) is -0.0273. The third-order valence-electron chi connectivity index (χ3n) is 4.63. The summed E-state index contributed by atoms with van der Waals surface area (Å²) in [6, 6.07) is 9.95. The van der Waals surface area contributed by atoms with Crippen molar-refractivity contribution < 1.29 is 4.79 Å². The number of rotatable bonds is 6. The molecule has 5 nitrogen and oxygen atoms in total. The van der Waals surface area contributed by atoms with Crippen molar-refractivity contribution in [1.82, 2.24) is 9.97 Å². The molecule has 2 heterocycles. The Morgan fingerprint density at radius 3 is 2.64 bits per heavy atom. The van der Waals surface area contributed by atoms with E-state index in [9.17, 15) is 4.79 Å². The first-order valence-corrected chi connectivity index (χ1v) is 10.7. The molecule has 0 N–H and O–H groups in total. The summed E-state index contributed by atoms with van der Waals surface area (Å²) in [5, 5.41) is 10.5. The molecule has 0 aliphatic carbocycles. The van der Waals surface area contributed by atoms with Crippen molar-refractivity contribution >= 4 is 44.9 Å². The number of aryl methyl sites for hydroxylation is 3. The van der Waals surface area contributed by atoms with E-state index in [2.05, 4.69) is 29.9 Å². The number of hydrogen-bond donors (Lipinski definition) is 0. The second-order valence-electron chi connectivity index (χ2n) is 6.64. The van der Waals surface area contributed by atoms with Gasteiger partial charge in [-0.2, -0.15) is 5.26 Å². The van der Waals surface area contributed by atoms with E-state index in [4.69, 9.17) is 5.26 Å². The van der Waals surface area contributed by atoms with Gasteiger partial charge < -0.3 is 4.90 Å². The molecule has 0 bridgehead atoms. The molecule has 1 amide bonds. The lowest BCUT2D eigenvalue weighted by Crippen LogP contribution is -2.37. The van der Waals surface area contributed by atoms with Crippen LogP contribution in [0.2, 0.25) is 0 Å². The quantitative estimate of drug-likeness (QED) is 0.420. The van der Waals surface area contributed by atoms with Gasteiger partial charge in [-0.25, -0.2) is 9.97 Å². The summed E-state index contributed by atoms with van der Waals surface area (Å²) in [6.07, 6.45) is 1.85. The summed E-state index contributed by atoms with van der Waals surface area (Å²) in [5.41, 5.74) is 3.11. The number of hydrogen-bond acceptors (Lipinski definition) is 6. The molecule has 0 spiro atoms. The largest absolute Gasteiger partial charge is 0.310 e. The first-order chi connectivity index (χ1) is 13.4. The monoisotopic (exact) mass is 410 g/mol. The van der Waals surface area contributed by atoms with Gasteiger partial charge in [-0.05, 0) is 45.4 Å². The maximum absolute atomic E-state index is 13.2. The van der Waals surface area contributed by atoms with Crippen molar-refractivity contribution in [2.75, 3.05) is 11.4 Å². The molecule has 0 radical (unpaired) electrons. The minimum absolute atomic E-state index is 0.0273. The molecule has 1 unspecified atom stereocenters. The van der Waals surface area contributed by atoms with Gasteiger partial charge in [0.15, 0.2) is 0 Å². The lowest BCUT2D eigenvalue weighted by Gasteiger charge is -2.25. The second kappa shape index (κ2) is 8.72. The molecular formula is C21H22N4OS2. The van der Waals surface area contributed by atoms with Crippen LogP contribution in [0.4, 0.5) is 5.69 Å². The molecular weight excluding hydrogens is 388 g/mol. The Labute approximate surface area is 173 Å². The van der Waals surface area contributed by atoms with E-state index in [0.717, 1.165) is 26.5 Å². The Kier molecular flexibility index (Phi) is 6.32. The van der Waals surface area contributed by atoms with E-state index in [1.165, 1.54) is 22.2 Å². The van der Waals surface area contributed by atoms with Gasteiger partial charge in [-0.15, -0.1) is 11.3 Å². The SMILES string of the molecule is Cc1ccc(N(CCC#N)C(=O)C(C)Sc2ncnc3sc(C)c(C)c23)cc1. The number of aromatic nitrogens is 2. The fourth-order valence-electron chi connectivity index (χ4n) is 2.93. The van der Waals surface area contributed by atoms with Crippen molar-refractivity contribution in [2.45, 2.75) is 44.4 Å². The number of thioether (sulfide) groups is 1. The highest BCUT2D eigenvalue weighted by molar-refractivity contribution is 8.00. The number of thiophene rings is 1. The van der Waals surface area contributed by atoms with Gasteiger partial charge in [0.25, 0.3) is 0 Å². The summed E-state index contributed by atoms with van der Waals surface area (Å²) < 4.78 is 0. The molecule has 0 saturated carbocycles. The molecule has 0 aliphatic rings. The number of fused-ring (bicyclic) bond motifs is 1. The Hall–Kier alpha value is -2.43. The van der Waals surface area contributed by atoms with Crippen LogP contribution >= 0.6 is 23.1 Å². The van der Waals surface area contributed by atoms with E-state index in [1.807, 2.05) is 38.1 Å². The first-order valence-electron chi connectivity index (χ1n) is 9.04. The van der Waals surface area contributed by atoms with Crippen LogP contribution < -0.4 is 4.90 Å². The van der Waals surface area contributed by atoms with E-state index in [1.54, 1.807) is 22.6 Å². The van der Waals surface area contributed by atoms with E-state index in [0.29, 0.717) is 6.54 Å². The van der Waals surface area contributed by atoms with E-state index >= 15 is 0 Å². The molecule has 28 heavy (non-hydrogen) atoms. The van der Waals surface area contributed by atoms with Crippen molar-refractivity contribution in [1.29, 1.82) is 5.26 Å². The van der Waals surface area contributed by atoms with Crippen LogP contribution in [-0.4, -0.2) is 27.7 Å². The maximum Gasteiger partial charge on any atom is 0.240 e. The smallest absolute Gasteiger partial charge is 0.240 e. The lowest BCUT2D eigenvalue weighted by atomic mass is 10.2. The van der Waals surface area contributed by atoms with Gasteiger partial charge in [-0.1, -0.05) is 29.5 Å². The summed E-state index contributed by atoms with van der Waals surface area (Å²) in [4.78, 5) is 25.9. The topological polar surface area (TPSA) is 69.9 Å². The molecule has 3 aromatic rings. The van der Waals surface area contributed by atoms with Crippen LogP contribution in [0, 0.1) is 32.1 Å². The van der Waals surface area contributed by atoms with E-state index in [-0.39, 0.29) is 17.6 Å². The normalized spacial score (nSPS) is 12.0. The average molecular weight is 411 g/mol. The van der Waals surface area contributed by atoms with E-state index < -0.39 is 0 Å². The van der Waals surface area contributed by atoms with Gasteiger partial charge in [0.05, 0.1) is 17.7 Å². The van der Waals surface area contributed by atoms with Crippen molar-refractivity contribution in [2.24, 2.45) is 0 Å². The third kappa shape index (κ3) is 4.18. The minimum Gasteiger partial charge on any atom is -0.310 e. The van der Waals surface area contributed by atoms with Gasteiger partial charge in [0.2, 0.25) is 5.91 Å². The number of amides is 1. The second-order valence-corrected chi connectivity index (χ2v) is 9.17. The molecule has 7 heteroatoms. The number of anilines is 1. The highest BCUT2D eigenvalue weighted by Gasteiger charge is 2.25. The predicted molar refractivity (Wildman–Crippen MR) is 116 cm³/mol. The highest BCUT2D eigenvalue weighted by Crippen LogP contribution is 2.36. The minimum atomic E-state index is -0.335. The zero-order valence-corrected chi connectivity index (χ0v) is 18.0. The maximum atomic E-state index is 13.2. The average Bonchev–Trinajstić information content (AvgIpc) is 2.98. The van der Waals surface area contributed by atoms with Crippen LogP contribution in [0.5, 0.6) is 0 Å². The Morgan fingerprint density at radius 1 is 1.25 bits per heavy atom. The number of benzene rings is 1. The molecule has 3 rings (SSSR count). The first kappa shape index (κ1) is 20.3. The molecule has 144 valence electrons. The lowest BCUT2D eigenvalue weighted by molar-refractivity contribution is -0.117. The van der Waals surface area contributed by atoms with Crippen LogP contribution in [0.15, 0.2) is 35.6 Å². The molecule has 0 fully saturated rings. The van der Waals surface area contributed by atoms with Gasteiger partial charge in [0, 0.05) is 22.5 Å². The van der Waals surface area contributed by atoms with Gasteiger partial charge in [-0.3, -0.25) is 4.79 Å². The zero-order valence-electron chi connectivity index (χ0n) is 16.4. The molecule has 2 aromatic heterocycles. The van der Waals surface area contributed by atoms with Crippen LogP contribution in [-0.2, 0) is 4.79 Å². The van der Waals surface area contributed by atoms with Crippen molar-refractivity contribution in [3.63, 3.8) is 0 Å². The fourth-order valence-corrected chi connectivity index (χ4v) is 5.03. The highest BCUT2D eigenvalue weighted by atomic mass is 32.2. The third-order valence-corrected chi connectivity index (χ3v) is 6.83. The van der Waals surface area contributed by atoms with Crippen LogP contribution in [0.25, 0.3) is 10.2 Å². The standard InChI is InChI=1S/C21H22N4OS2/c1-13-6-8-17(9-7-13)25(11-5-10-22)21(26)16(4)28-20-18-14(2)15(3)27-19(18)23-12-24-20/h6-9,12,16H,5,11H2,1-4H3. The van der Waals surface area contributed by atoms with Crippen molar-refractivity contribution in [3.8, 4) is 6.07 Å². The molecule has 0 aliphatic heterocycles. The molecule has 0 saturated heterocycles. The summed E-state index contributed by atoms with van der Waals surface area (Å²) in [7, 11) is 0. The molecule has 1 aromatic carbocycles. The Bertz CT molecular complexity index is 1040. The Balaban J connectivity index is 1.87. The van der Waals surface area contributed by atoms with Gasteiger partial charge >= 0.3 is 0 Å². The van der Waals surface area contributed by atoms with Crippen LogP contribution in [0.1, 0.15) is 29.3 Å². The summed E-state index contributed by atoms with van der Waals surface area (Å²) >= 11 is 3.10. The number of nitriles is 1. The number of nitrogens with zero attached hydrogens (tertiary/aromatic N) is 4. The number of carbonyl (C=O) groups excluding carboxylic acids is 1. The predicted octanol–water partition coefficient (Wildman–Crippen LogP) is 5.04.